The number of nitrogens with zero attached hydrogens (tertiary/aromatic N) is 1. The molecule has 0 aromatic carbocycles. The summed E-state index contributed by atoms with van der Waals surface area (Å²) < 4.78 is 29.2. The van der Waals surface area contributed by atoms with Gasteiger partial charge in [-0.15, -0.1) is 0 Å². The third kappa shape index (κ3) is 3.58. The molecular formula is C14H21N3O3S. The van der Waals surface area contributed by atoms with E-state index in [1.807, 2.05) is 0 Å². The van der Waals surface area contributed by atoms with E-state index in [9.17, 15) is 8.42 Å². The molecule has 1 saturated heterocycles. The number of nitrogen functional groups attached to an aromatic ring is 1. The summed E-state index contributed by atoms with van der Waals surface area (Å²) in [4.78, 5) is 4.33. The molecular weight excluding hydrogens is 290 g/mol. The Morgan fingerprint density at radius 2 is 2.14 bits per heavy atom. The van der Waals surface area contributed by atoms with Crippen LogP contribution in [0.15, 0.2) is 12.1 Å². The van der Waals surface area contributed by atoms with Gasteiger partial charge in [0.15, 0.2) is 9.84 Å². The summed E-state index contributed by atoms with van der Waals surface area (Å²) >= 11 is 0. The monoisotopic (exact) mass is 311 g/mol. The van der Waals surface area contributed by atoms with Gasteiger partial charge in [-0.1, -0.05) is 0 Å². The van der Waals surface area contributed by atoms with E-state index in [0.717, 1.165) is 12.8 Å². The van der Waals surface area contributed by atoms with E-state index >= 15 is 0 Å². The van der Waals surface area contributed by atoms with Crippen molar-refractivity contribution in [3.05, 3.63) is 12.1 Å². The minimum Gasteiger partial charge on any atom is -0.476 e. The molecule has 1 unspecified atom stereocenters. The van der Waals surface area contributed by atoms with Gasteiger partial charge in [0.1, 0.15) is 5.82 Å². The van der Waals surface area contributed by atoms with Crippen molar-refractivity contribution in [2.24, 2.45) is 5.92 Å². The molecule has 7 heteroatoms. The number of rotatable bonds is 6. The first-order chi connectivity index (χ1) is 10.0. The van der Waals surface area contributed by atoms with Crippen LogP contribution in [0.25, 0.3) is 0 Å². The number of aromatic nitrogens is 1. The Hall–Kier alpha value is -1.50. The molecule has 3 rings (SSSR count). The number of pyridine rings is 1. The van der Waals surface area contributed by atoms with Gasteiger partial charge in [-0.25, -0.2) is 8.42 Å². The van der Waals surface area contributed by atoms with Crippen molar-refractivity contribution in [1.82, 2.24) is 4.98 Å². The second-order valence-corrected chi connectivity index (χ2v) is 8.26. The number of hydrogen-bond acceptors (Lipinski definition) is 6. The Labute approximate surface area is 125 Å². The van der Waals surface area contributed by atoms with Crippen LogP contribution < -0.4 is 15.8 Å². The summed E-state index contributed by atoms with van der Waals surface area (Å²) in [6.07, 6.45) is 3.88. The summed E-state index contributed by atoms with van der Waals surface area (Å²) in [7, 11) is -2.93. The summed E-state index contributed by atoms with van der Waals surface area (Å²) in [6, 6.07) is 3.49. The molecule has 0 spiro atoms. The van der Waals surface area contributed by atoms with Gasteiger partial charge in [0.25, 0.3) is 0 Å². The summed E-state index contributed by atoms with van der Waals surface area (Å²) in [5, 5.41) is 2.77. The second kappa shape index (κ2) is 5.71. The predicted octanol–water partition coefficient (Wildman–Crippen LogP) is 1.44. The Balaban J connectivity index is 1.60. The Morgan fingerprint density at radius 1 is 1.33 bits per heavy atom. The van der Waals surface area contributed by atoms with Crippen LogP contribution in [0.3, 0.4) is 0 Å². The standard InChI is InChI=1S/C14H21N3O3S/c15-12-5-6-13(17-14(12)20-9-10-3-4-10)16-8-11-2-1-7-21(11,18)19/h5-6,10-11H,1-4,7-9,15H2,(H,16,17). The zero-order valence-electron chi connectivity index (χ0n) is 11.9. The quantitative estimate of drug-likeness (QED) is 0.825. The molecule has 0 amide bonds. The molecule has 2 aliphatic rings. The average Bonchev–Trinajstić information content (AvgIpc) is 3.20. The van der Waals surface area contributed by atoms with Crippen molar-refractivity contribution in [1.29, 1.82) is 0 Å². The van der Waals surface area contributed by atoms with Crippen LogP contribution in [0.2, 0.25) is 0 Å². The van der Waals surface area contributed by atoms with Crippen LogP contribution in [0.5, 0.6) is 5.88 Å². The van der Waals surface area contributed by atoms with Crippen LogP contribution in [0.4, 0.5) is 11.5 Å². The van der Waals surface area contributed by atoms with Crippen molar-refractivity contribution in [2.75, 3.05) is 30.0 Å². The Kier molecular flexibility index (Phi) is 3.93. The van der Waals surface area contributed by atoms with Crippen molar-refractivity contribution in [3.8, 4) is 5.88 Å². The lowest BCUT2D eigenvalue weighted by Crippen LogP contribution is -2.25. The molecule has 21 heavy (non-hydrogen) atoms. The summed E-state index contributed by atoms with van der Waals surface area (Å²) in [5.41, 5.74) is 6.36. The fraction of sp³-hybridized carbons (Fsp3) is 0.643. The van der Waals surface area contributed by atoms with Gasteiger partial charge in [-0.2, -0.15) is 4.98 Å². The van der Waals surface area contributed by atoms with Crippen LogP contribution in [-0.2, 0) is 9.84 Å². The van der Waals surface area contributed by atoms with E-state index < -0.39 is 9.84 Å². The molecule has 0 bridgehead atoms. The molecule has 1 aromatic heterocycles. The third-order valence-corrected chi connectivity index (χ3v) is 6.29. The molecule has 116 valence electrons. The molecule has 1 atom stereocenters. The summed E-state index contributed by atoms with van der Waals surface area (Å²) in [5.74, 6) is 1.97. The van der Waals surface area contributed by atoms with Gasteiger partial charge in [-0.05, 0) is 43.7 Å². The first-order valence-corrected chi connectivity index (χ1v) is 9.11. The lowest BCUT2D eigenvalue weighted by Gasteiger charge is -2.13. The Bertz CT molecular complexity index is 614. The minimum absolute atomic E-state index is 0.296. The molecule has 3 N–H and O–H groups in total. The molecule has 1 aliphatic carbocycles. The fourth-order valence-electron chi connectivity index (χ4n) is 2.45. The van der Waals surface area contributed by atoms with Crippen molar-refractivity contribution in [3.63, 3.8) is 0 Å². The zero-order chi connectivity index (χ0) is 14.9. The molecule has 1 aromatic rings. The first-order valence-electron chi connectivity index (χ1n) is 7.39. The highest BCUT2D eigenvalue weighted by atomic mass is 32.2. The van der Waals surface area contributed by atoms with Crippen LogP contribution in [0, 0.1) is 5.92 Å². The molecule has 6 nitrogen and oxygen atoms in total. The van der Waals surface area contributed by atoms with Gasteiger partial charge < -0.3 is 15.8 Å². The van der Waals surface area contributed by atoms with Gasteiger partial charge >= 0.3 is 0 Å². The van der Waals surface area contributed by atoms with Crippen LogP contribution in [-0.4, -0.2) is 37.6 Å². The zero-order valence-corrected chi connectivity index (χ0v) is 12.7. The predicted molar refractivity (Wildman–Crippen MR) is 82.2 cm³/mol. The van der Waals surface area contributed by atoms with Crippen LogP contribution >= 0.6 is 0 Å². The molecule has 1 saturated carbocycles. The second-order valence-electron chi connectivity index (χ2n) is 5.86. The van der Waals surface area contributed by atoms with E-state index in [0.29, 0.717) is 42.2 Å². The van der Waals surface area contributed by atoms with E-state index in [2.05, 4.69) is 10.3 Å². The Morgan fingerprint density at radius 3 is 2.81 bits per heavy atom. The average molecular weight is 311 g/mol. The maximum atomic E-state index is 11.8. The van der Waals surface area contributed by atoms with Gasteiger partial charge in [0, 0.05) is 6.54 Å². The smallest absolute Gasteiger partial charge is 0.239 e. The lowest BCUT2D eigenvalue weighted by atomic mass is 10.2. The minimum atomic E-state index is -2.93. The van der Waals surface area contributed by atoms with Crippen LogP contribution in [0.1, 0.15) is 25.7 Å². The van der Waals surface area contributed by atoms with Crippen molar-refractivity contribution in [2.45, 2.75) is 30.9 Å². The first kappa shape index (κ1) is 14.4. The SMILES string of the molecule is Nc1ccc(NCC2CCCS2(=O)=O)nc1OCC1CC1. The molecule has 2 heterocycles. The van der Waals surface area contributed by atoms with Gasteiger partial charge in [0.05, 0.1) is 23.3 Å². The molecule has 1 aliphatic heterocycles. The molecule has 0 radical (unpaired) electrons. The maximum absolute atomic E-state index is 11.8. The normalized spacial score (nSPS) is 23.9. The van der Waals surface area contributed by atoms with Gasteiger partial charge in [-0.3, -0.25) is 0 Å². The summed E-state index contributed by atoms with van der Waals surface area (Å²) in [6.45, 7) is 1.04. The highest BCUT2D eigenvalue weighted by Crippen LogP contribution is 2.30. The van der Waals surface area contributed by atoms with E-state index in [1.54, 1.807) is 12.1 Å². The van der Waals surface area contributed by atoms with E-state index in [4.69, 9.17) is 10.5 Å². The third-order valence-electron chi connectivity index (χ3n) is 4.02. The molecule has 2 fully saturated rings. The van der Waals surface area contributed by atoms with E-state index in [1.165, 1.54) is 12.8 Å². The number of nitrogens with one attached hydrogen (secondary N) is 1. The van der Waals surface area contributed by atoms with Crippen molar-refractivity contribution < 1.29 is 13.2 Å². The van der Waals surface area contributed by atoms with E-state index in [-0.39, 0.29) is 5.25 Å². The number of nitrogens with two attached hydrogens (primary N) is 1. The highest BCUT2D eigenvalue weighted by Gasteiger charge is 2.31. The largest absolute Gasteiger partial charge is 0.476 e. The lowest BCUT2D eigenvalue weighted by molar-refractivity contribution is 0.290. The number of ether oxygens (including phenoxy) is 1. The highest BCUT2D eigenvalue weighted by molar-refractivity contribution is 7.92. The fourth-order valence-corrected chi connectivity index (χ4v) is 4.22. The van der Waals surface area contributed by atoms with Crippen molar-refractivity contribution >= 4 is 21.3 Å². The number of sulfone groups is 1. The number of hydrogen-bond donors (Lipinski definition) is 2. The van der Waals surface area contributed by atoms with Gasteiger partial charge in [0.2, 0.25) is 5.88 Å². The number of anilines is 2. The maximum Gasteiger partial charge on any atom is 0.239 e. The topological polar surface area (TPSA) is 94.3 Å².